The summed E-state index contributed by atoms with van der Waals surface area (Å²) >= 11 is 6.06. The van der Waals surface area contributed by atoms with E-state index in [9.17, 15) is 9.59 Å². The van der Waals surface area contributed by atoms with Crippen LogP contribution in [0.2, 0.25) is 5.15 Å². The van der Waals surface area contributed by atoms with Crippen molar-refractivity contribution in [2.45, 2.75) is 13.5 Å². The van der Waals surface area contributed by atoms with Crippen molar-refractivity contribution in [3.63, 3.8) is 0 Å². The number of aryl methyl sites for hydroxylation is 2. The van der Waals surface area contributed by atoms with Crippen molar-refractivity contribution in [2.75, 3.05) is 13.7 Å². The van der Waals surface area contributed by atoms with E-state index in [2.05, 4.69) is 5.10 Å². The molecule has 0 saturated carbocycles. The molecule has 0 saturated heterocycles. The molecule has 0 bridgehead atoms. The number of halogens is 1. The fraction of sp³-hybridized carbons (Fsp3) is 0.312. The highest BCUT2D eigenvalue weighted by molar-refractivity contribution is 6.31. The highest BCUT2D eigenvalue weighted by Crippen LogP contribution is 2.19. The number of likely N-dealkylation sites (N-methyl/N-ethyl adjacent to an activating group) is 1. The number of ether oxygens (including phenoxy) is 1. The minimum Gasteiger partial charge on any atom is -0.467 e. The van der Waals surface area contributed by atoms with E-state index in [0.717, 1.165) is 0 Å². The molecule has 0 aliphatic heterocycles. The van der Waals surface area contributed by atoms with E-state index in [0.29, 0.717) is 28.7 Å². The van der Waals surface area contributed by atoms with Crippen LogP contribution < -0.4 is 0 Å². The van der Waals surface area contributed by atoms with Gasteiger partial charge in [0.1, 0.15) is 10.9 Å². The highest BCUT2D eigenvalue weighted by Gasteiger charge is 2.13. The number of amides is 1. The third-order valence-electron chi connectivity index (χ3n) is 3.32. The summed E-state index contributed by atoms with van der Waals surface area (Å²) in [7, 11) is 3.31. The van der Waals surface area contributed by atoms with Crippen molar-refractivity contribution in [2.24, 2.45) is 7.05 Å². The smallest absolute Gasteiger partial charge is 0.331 e. The Morgan fingerprint density at radius 2 is 2.25 bits per heavy atom. The maximum atomic E-state index is 11.9. The number of hydrogen-bond donors (Lipinski definition) is 0. The van der Waals surface area contributed by atoms with Crippen molar-refractivity contribution in [1.82, 2.24) is 14.7 Å². The molecule has 0 atom stereocenters. The Morgan fingerprint density at radius 1 is 1.50 bits per heavy atom. The number of aromatic nitrogens is 2. The fourth-order valence-corrected chi connectivity index (χ4v) is 2.24. The normalized spacial score (nSPS) is 11.0. The Bertz CT molecular complexity index is 750. The third kappa shape index (κ3) is 4.48. The van der Waals surface area contributed by atoms with Gasteiger partial charge in [0.25, 0.3) is 5.91 Å². The maximum absolute atomic E-state index is 11.9. The molecule has 8 heteroatoms. The molecule has 2 aromatic heterocycles. The highest BCUT2D eigenvalue weighted by atomic mass is 35.5. The number of rotatable bonds is 6. The summed E-state index contributed by atoms with van der Waals surface area (Å²) in [6.45, 7) is 1.74. The number of carbonyl (C=O) groups is 2. The van der Waals surface area contributed by atoms with Crippen LogP contribution in [0.25, 0.3) is 6.08 Å². The van der Waals surface area contributed by atoms with Gasteiger partial charge in [-0.1, -0.05) is 11.6 Å². The molecule has 24 heavy (non-hydrogen) atoms. The van der Waals surface area contributed by atoms with Gasteiger partial charge in [-0.3, -0.25) is 9.48 Å². The van der Waals surface area contributed by atoms with Gasteiger partial charge in [0.2, 0.25) is 0 Å². The van der Waals surface area contributed by atoms with Crippen LogP contribution in [0.5, 0.6) is 0 Å². The average molecular weight is 352 g/mol. The second-order valence-corrected chi connectivity index (χ2v) is 5.54. The first kappa shape index (κ1) is 17.8. The second kappa shape index (κ2) is 7.83. The molecule has 128 valence electrons. The predicted octanol–water partition coefficient (Wildman–Crippen LogP) is 2.19. The molecule has 2 heterocycles. The first-order valence-electron chi connectivity index (χ1n) is 7.18. The standard InChI is InChI=1S/C16H18ClN3O4/c1-11-13(16(17)20(3)18-11)6-7-15(22)24-10-14(21)19(2)9-12-5-4-8-23-12/h4-8H,9-10H2,1-3H3/b7-6+. The number of hydrogen-bond acceptors (Lipinski definition) is 5. The van der Waals surface area contributed by atoms with E-state index in [1.807, 2.05) is 0 Å². The molecule has 0 N–H and O–H groups in total. The van der Waals surface area contributed by atoms with Crippen molar-refractivity contribution < 1.29 is 18.7 Å². The largest absolute Gasteiger partial charge is 0.467 e. The zero-order valence-corrected chi connectivity index (χ0v) is 14.4. The van der Waals surface area contributed by atoms with E-state index >= 15 is 0 Å². The molecule has 0 unspecified atom stereocenters. The second-order valence-electron chi connectivity index (χ2n) is 5.18. The van der Waals surface area contributed by atoms with Gasteiger partial charge in [0, 0.05) is 25.7 Å². The maximum Gasteiger partial charge on any atom is 0.331 e. The SMILES string of the molecule is Cc1nn(C)c(Cl)c1/C=C/C(=O)OCC(=O)N(C)Cc1ccco1. The number of nitrogens with zero attached hydrogens (tertiary/aromatic N) is 3. The number of carbonyl (C=O) groups excluding carboxylic acids is 2. The van der Waals surface area contributed by atoms with Crippen molar-refractivity contribution in [3.05, 3.63) is 46.6 Å². The number of esters is 1. The summed E-state index contributed by atoms with van der Waals surface area (Å²) < 4.78 is 11.6. The monoisotopic (exact) mass is 351 g/mol. The van der Waals surface area contributed by atoms with Crippen LogP contribution in [0.4, 0.5) is 0 Å². The fourth-order valence-electron chi connectivity index (χ4n) is 2.00. The summed E-state index contributed by atoms with van der Waals surface area (Å²) in [5.74, 6) is -0.309. The molecule has 0 spiro atoms. The zero-order valence-electron chi connectivity index (χ0n) is 13.7. The van der Waals surface area contributed by atoms with Crippen LogP contribution in [0.3, 0.4) is 0 Å². The molecule has 2 rings (SSSR count). The lowest BCUT2D eigenvalue weighted by Crippen LogP contribution is -2.30. The molecule has 0 fully saturated rings. The third-order valence-corrected chi connectivity index (χ3v) is 3.77. The van der Waals surface area contributed by atoms with E-state index in [-0.39, 0.29) is 12.5 Å². The first-order chi connectivity index (χ1) is 11.4. The van der Waals surface area contributed by atoms with Crippen LogP contribution in [0.15, 0.2) is 28.9 Å². The van der Waals surface area contributed by atoms with Crippen LogP contribution in [0, 0.1) is 6.92 Å². The predicted molar refractivity (Wildman–Crippen MR) is 88.1 cm³/mol. The van der Waals surface area contributed by atoms with E-state index in [1.165, 1.54) is 28.0 Å². The Morgan fingerprint density at radius 3 is 2.83 bits per heavy atom. The van der Waals surface area contributed by atoms with Crippen molar-refractivity contribution >= 4 is 29.6 Å². The molecule has 0 aliphatic carbocycles. The molecule has 0 aromatic carbocycles. The lowest BCUT2D eigenvalue weighted by molar-refractivity contribution is -0.147. The first-order valence-corrected chi connectivity index (χ1v) is 7.56. The van der Waals surface area contributed by atoms with Gasteiger partial charge >= 0.3 is 5.97 Å². The Labute approximate surface area is 144 Å². The summed E-state index contributed by atoms with van der Waals surface area (Å²) in [5.41, 5.74) is 1.33. The van der Waals surface area contributed by atoms with E-state index in [1.54, 1.807) is 33.2 Å². The van der Waals surface area contributed by atoms with Gasteiger partial charge in [-0.25, -0.2) is 4.79 Å². The Balaban J connectivity index is 1.84. The van der Waals surface area contributed by atoms with Gasteiger partial charge < -0.3 is 14.1 Å². The van der Waals surface area contributed by atoms with Gasteiger partial charge in [-0.05, 0) is 25.1 Å². The van der Waals surface area contributed by atoms with Gasteiger partial charge in [-0.2, -0.15) is 5.10 Å². The average Bonchev–Trinajstić information content (AvgIpc) is 3.12. The van der Waals surface area contributed by atoms with E-state index < -0.39 is 5.97 Å². The van der Waals surface area contributed by atoms with Crippen LogP contribution in [-0.4, -0.2) is 40.2 Å². The van der Waals surface area contributed by atoms with Gasteiger partial charge in [0.05, 0.1) is 18.5 Å². The van der Waals surface area contributed by atoms with E-state index in [4.69, 9.17) is 20.8 Å². The summed E-state index contributed by atoms with van der Waals surface area (Å²) in [4.78, 5) is 25.0. The quantitative estimate of drug-likeness (QED) is 0.589. The van der Waals surface area contributed by atoms with Gasteiger partial charge in [0.15, 0.2) is 6.61 Å². The van der Waals surface area contributed by atoms with Crippen LogP contribution in [0.1, 0.15) is 17.0 Å². The van der Waals surface area contributed by atoms with Crippen LogP contribution in [-0.2, 0) is 27.9 Å². The lowest BCUT2D eigenvalue weighted by Gasteiger charge is -2.15. The molecule has 1 amide bonds. The molecular formula is C16H18ClN3O4. The topological polar surface area (TPSA) is 77.6 Å². The number of furan rings is 1. The lowest BCUT2D eigenvalue weighted by atomic mass is 10.2. The summed E-state index contributed by atoms with van der Waals surface area (Å²) in [6, 6.07) is 3.50. The van der Waals surface area contributed by atoms with Gasteiger partial charge in [-0.15, -0.1) is 0 Å². The minimum absolute atomic E-state index is 0.309. The molecular weight excluding hydrogens is 334 g/mol. The molecule has 2 aromatic rings. The van der Waals surface area contributed by atoms with Crippen molar-refractivity contribution in [1.29, 1.82) is 0 Å². The van der Waals surface area contributed by atoms with Crippen LogP contribution >= 0.6 is 11.6 Å². The molecule has 0 aliphatic rings. The summed E-state index contributed by atoms with van der Waals surface area (Å²) in [6.07, 6.45) is 4.27. The zero-order chi connectivity index (χ0) is 17.7. The Hall–Kier alpha value is -2.54. The molecule has 0 radical (unpaired) electrons. The van der Waals surface area contributed by atoms with Crippen molar-refractivity contribution in [3.8, 4) is 0 Å². The molecule has 7 nitrogen and oxygen atoms in total. The Kier molecular flexibility index (Phi) is 5.81. The summed E-state index contributed by atoms with van der Waals surface area (Å²) in [5, 5.41) is 4.56. The minimum atomic E-state index is -0.630.